The molecule has 0 atom stereocenters. The van der Waals surface area contributed by atoms with Gasteiger partial charge in [0.25, 0.3) is 0 Å². The standard InChI is InChI=1S/C17H20FN3O3S/c1-20(11-8-14-6-9-19-10-7-14)17(22)13-21(25(2,23)24)16-5-3-4-15(18)12-16/h3-7,9-10,12H,8,11,13H2,1-2H3. The number of carbonyl (C=O) groups is 1. The molecule has 1 heterocycles. The highest BCUT2D eigenvalue weighted by Crippen LogP contribution is 2.18. The second kappa shape index (κ2) is 8.06. The van der Waals surface area contributed by atoms with Crippen molar-refractivity contribution in [3.05, 3.63) is 60.2 Å². The highest BCUT2D eigenvalue weighted by molar-refractivity contribution is 7.92. The van der Waals surface area contributed by atoms with Crippen molar-refractivity contribution in [1.29, 1.82) is 0 Å². The lowest BCUT2D eigenvalue weighted by Crippen LogP contribution is -2.41. The summed E-state index contributed by atoms with van der Waals surface area (Å²) in [6.07, 6.45) is 4.96. The molecule has 0 spiro atoms. The van der Waals surface area contributed by atoms with Crippen LogP contribution in [0.5, 0.6) is 0 Å². The Morgan fingerprint density at radius 1 is 1.20 bits per heavy atom. The number of rotatable bonds is 7. The molecule has 8 heteroatoms. The van der Waals surface area contributed by atoms with Crippen molar-refractivity contribution in [2.24, 2.45) is 0 Å². The summed E-state index contributed by atoms with van der Waals surface area (Å²) in [5.41, 5.74) is 1.15. The second-order valence-corrected chi connectivity index (χ2v) is 7.58. The molecule has 0 aliphatic heterocycles. The number of amides is 1. The first-order valence-corrected chi connectivity index (χ1v) is 9.48. The Morgan fingerprint density at radius 3 is 2.48 bits per heavy atom. The fourth-order valence-corrected chi connectivity index (χ4v) is 3.09. The summed E-state index contributed by atoms with van der Waals surface area (Å²) >= 11 is 0. The first-order chi connectivity index (χ1) is 11.8. The van der Waals surface area contributed by atoms with Gasteiger partial charge < -0.3 is 4.90 Å². The van der Waals surface area contributed by atoms with Crippen LogP contribution < -0.4 is 4.31 Å². The van der Waals surface area contributed by atoms with Crippen molar-refractivity contribution in [2.75, 3.05) is 30.7 Å². The van der Waals surface area contributed by atoms with Crippen molar-refractivity contribution in [1.82, 2.24) is 9.88 Å². The third-order valence-corrected chi connectivity index (χ3v) is 4.83. The zero-order chi connectivity index (χ0) is 18.4. The molecule has 0 aliphatic carbocycles. The van der Waals surface area contributed by atoms with Crippen LogP contribution in [0.15, 0.2) is 48.8 Å². The van der Waals surface area contributed by atoms with Gasteiger partial charge >= 0.3 is 0 Å². The normalized spacial score (nSPS) is 11.2. The smallest absolute Gasteiger partial charge is 0.243 e. The molecule has 6 nitrogen and oxygen atoms in total. The fourth-order valence-electron chi connectivity index (χ4n) is 2.25. The molecule has 134 valence electrons. The van der Waals surface area contributed by atoms with Crippen LogP contribution in [0.25, 0.3) is 0 Å². The van der Waals surface area contributed by atoms with Gasteiger partial charge in [-0.3, -0.25) is 14.1 Å². The minimum atomic E-state index is -3.72. The van der Waals surface area contributed by atoms with E-state index in [1.54, 1.807) is 19.4 Å². The average Bonchev–Trinajstić information content (AvgIpc) is 2.57. The van der Waals surface area contributed by atoms with Crippen molar-refractivity contribution in [2.45, 2.75) is 6.42 Å². The Hall–Kier alpha value is -2.48. The molecule has 2 rings (SSSR count). The fraction of sp³-hybridized carbons (Fsp3) is 0.294. The maximum Gasteiger partial charge on any atom is 0.243 e. The summed E-state index contributed by atoms with van der Waals surface area (Å²) in [7, 11) is -2.11. The van der Waals surface area contributed by atoms with E-state index in [2.05, 4.69) is 4.98 Å². The van der Waals surface area contributed by atoms with Gasteiger partial charge in [0.1, 0.15) is 12.4 Å². The topological polar surface area (TPSA) is 70.6 Å². The number of anilines is 1. The van der Waals surface area contributed by atoms with E-state index in [9.17, 15) is 17.6 Å². The summed E-state index contributed by atoms with van der Waals surface area (Å²) in [6, 6.07) is 8.87. The number of likely N-dealkylation sites (N-methyl/N-ethyl adjacent to an activating group) is 1. The Labute approximate surface area is 147 Å². The molecule has 0 aliphatic rings. The maximum atomic E-state index is 13.4. The van der Waals surface area contributed by atoms with E-state index in [0.717, 1.165) is 22.2 Å². The van der Waals surface area contributed by atoms with Crippen LogP contribution in [-0.4, -0.2) is 50.6 Å². The molecular weight excluding hydrogens is 345 g/mol. The number of sulfonamides is 1. The quantitative estimate of drug-likeness (QED) is 0.749. The Morgan fingerprint density at radius 2 is 1.88 bits per heavy atom. The SMILES string of the molecule is CN(CCc1ccncc1)C(=O)CN(c1cccc(F)c1)S(C)(=O)=O. The number of pyridine rings is 1. The maximum absolute atomic E-state index is 13.4. The summed E-state index contributed by atoms with van der Waals surface area (Å²) in [4.78, 5) is 17.8. The molecule has 0 fully saturated rings. The van der Waals surface area contributed by atoms with E-state index in [1.165, 1.54) is 23.1 Å². The Kier molecular flexibility index (Phi) is 6.08. The van der Waals surface area contributed by atoms with Gasteiger partial charge in [0.2, 0.25) is 15.9 Å². The van der Waals surface area contributed by atoms with Crippen LogP contribution >= 0.6 is 0 Å². The van der Waals surface area contributed by atoms with Gasteiger partial charge in [0.05, 0.1) is 11.9 Å². The first-order valence-electron chi connectivity index (χ1n) is 7.63. The Balaban J connectivity index is 2.06. The van der Waals surface area contributed by atoms with Crippen LogP contribution in [0.3, 0.4) is 0 Å². The molecule has 0 N–H and O–H groups in total. The van der Waals surface area contributed by atoms with Crippen molar-refractivity contribution in [3.8, 4) is 0 Å². The monoisotopic (exact) mass is 365 g/mol. The highest BCUT2D eigenvalue weighted by atomic mass is 32.2. The Bertz CT molecular complexity index is 828. The van der Waals surface area contributed by atoms with Crippen LogP contribution in [0, 0.1) is 5.82 Å². The number of aromatic nitrogens is 1. The third-order valence-electron chi connectivity index (χ3n) is 3.69. The zero-order valence-corrected chi connectivity index (χ0v) is 14.9. The molecule has 0 bridgehead atoms. The molecule has 1 aromatic heterocycles. The highest BCUT2D eigenvalue weighted by Gasteiger charge is 2.23. The molecule has 25 heavy (non-hydrogen) atoms. The number of hydrogen-bond donors (Lipinski definition) is 0. The van der Waals surface area contributed by atoms with E-state index < -0.39 is 15.8 Å². The summed E-state index contributed by atoms with van der Waals surface area (Å²) in [6.45, 7) is 0.0543. The molecule has 2 aromatic rings. The summed E-state index contributed by atoms with van der Waals surface area (Å²) in [5.74, 6) is -0.937. The molecule has 0 unspecified atom stereocenters. The molecule has 0 saturated carbocycles. The predicted octanol–water partition coefficient (Wildman–Crippen LogP) is 1.69. The number of benzene rings is 1. The van der Waals surface area contributed by atoms with E-state index in [-0.39, 0.29) is 18.1 Å². The van der Waals surface area contributed by atoms with Gasteiger partial charge in [-0.2, -0.15) is 0 Å². The molecule has 1 amide bonds. The minimum Gasteiger partial charge on any atom is -0.344 e. The largest absolute Gasteiger partial charge is 0.344 e. The summed E-state index contributed by atoms with van der Waals surface area (Å²) < 4.78 is 38.3. The van der Waals surface area contributed by atoms with E-state index >= 15 is 0 Å². The third kappa shape index (κ3) is 5.53. The van der Waals surface area contributed by atoms with Crippen molar-refractivity contribution in [3.63, 3.8) is 0 Å². The van der Waals surface area contributed by atoms with Crippen LogP contribution in [0.2, 0.25) is 0 Å². The number of carbonyl (C=O) groups excluding carboxylic acids is 1. The van der Waals surface area contributed by atoms with Crippen molar-refractivity contribution >= 4 is 21.6 Å². The lowest BCUT2D eigenvalue weighted by molar-refractivity contribution is -0.128. The van der Waals surface area contributed by atoms with Gasteiger partial charge in [0.15, 0.2) is 0 Å². The van der Waals surface area contributed by atoms with E-state index in [4.69, 9.17) is 0 Å². The van der Waals surface area contributed by atoms with Gasteiger partial charge in [-0.05, 0) is 42.3 Å². The van der Waals surface area contributed by atoms with Gasteiger partial charge in [-0.1, -0.05) is 6.07 Å². The lowest BCUT2D eigenvalue weighted by atomic mass is 10.2. The van der Waals surface area contributed by atoms with Gasteiger partial charge in [-0.15, -0.1) is 0 Å². The number of hydrogen-bond acceptors (Lipinski definition) is 4. The van der Waals surface area contributed by atoms with Crippen LogP contribution in [0.1, 0.15) is 5.56 Å². The van der Waals surface area contributed by atoms with E-state index in [1.807, 2.05) is 12.1 Å². The molecular formula is C17H20FN3O3S. The average molecular weight is 365 g/mol. The first kappa shape index (κ1) is 18.9. The van der Waals surface area contributed by atoms with Gasteiger partial charge in [0, 0.05) is 26.0 Å². The van der Waals surface area contributed by atoms with Crippen molar-refractivity contribution < 1.29 is 17.6 Å². The van der Waals surface area contributed by atoms with Gasteiger partial charge in [-0.25, -0.2) is 12.8 Å². The second-order valence-electron chi connectivity index (χ2n) is 5.67. The number of nitrogens with zero attached hydrogens (tertiary/aromatic N) is 3. The van der Waals surface area contributed by atoms with Crippen LogP contribution in [0.4, 0.5) is 10.1 Å². The molecule has 0 radical (unpaired) electrons. The predicted molar refractivity (Wildman–Crippen MR) is 94.2 cm³/mol. The van der Waals surface area contributed by atoms with E-state index in [0.29, 0.717) is 13.0 Å². The zero-order valence-electron chi connectivity index (χ0n) is 14.1. The number of halogens is 1. The minimum absolute atomic E-state index is 0.124. The molecule has 0 saturated heterocycles. The van der Waals surface area contributed by atoms with Crippen LogP contribution in [-0.2, 0) is 21.2 Å². The molecule has 1 aromatic carbocycles. The summed E-state index contributed by atoms with van der Waals surface area (Å²) in [5, 5.41) is 0. The lowest BCUT2D eigenvalue weighted by Gasteiger charge is -2.25.